The van der Waals surface area contributed by atoms with Gasteiger partial charge in [-0.1, -0.05) is 30.0 Å². The first kappa shape index (κ1) is 14.0. The topological polar surface area (TPSA) is 62.6 Å². The third-order valence-corrected chi connectivity index (χ3v) is 4.32. The smallest absolute Gasteiger partial charge is 0.282 e. The number of carbonyl (C=O) groups excluding carboxylic acids is 2. The van der Waals surface area contributed by atoms with E-state index < -0.39 is 0 Å². The number of hydrogen-bond acceptors (Lipinski definition) is 4. The van der Waals surface area contributed by atoms with Gasteiger partial charge >= 0.3 is 0 Å². The predicted octanol–water partition coefficient (Wildman–Crippen LogP) is 2.78. The maximum atomic E-state index is 12.0. The summed E-state index contributed by atoms with van der Waals surface area (Å²) in [7, 11) is 0. The minimum Gasteiger partial charge on any atom is -0.459 e. The van der Waals surface area contributed by atoms with Crippen LogP contribution >= 0.6 is 11.8 Å². The Bertz CT molecular complexity index is 649. The van der Waals surface area contributed by atoms with Crippen LogP contribution in [0, 0.1) is 0 Å². The Balaban J connectivity index is 1.63. The summed E-state index contributed by atoms with van der Waals surface area (Å²) < 4.78 is 5.72. The van der Waals surface area contributed by atoms with Crippen LogP contribution in [0.15, 0.2) is 34.7 Å². The van der Waals surface area contributed by atoms with Crippen LogP contribution in [0.2, 0.25) is 0 Å². The molecule has 3 rings (SSSR count). The van der Waals surface area contributed by atoms with Crippen molar-refractivity contribution in [2.45, 2.75) is 13.0 Å². The van der Waals surface area contributed by atoms with Gasteiger partial charge in [-0.15, -0.1) is 0 Å². The standard InChI is InChI=1S/C15H16N2O3S/c1-10(13-8-11-4-2-3-5-12(11)20-13)16-14(18)9-17-6-7-21-15(17)19/h2-5,8,10H,6-7,9H2,1H3,(H,16,18)/t10-/m1/s1. The third kappa shape index (κ3) is 3.05. The first-order valence-electron chi connectivity index (χ1n) is 6.83. The van der Waals surface area contributed by atoms with E-state index in [0.29, 0.717) is 12.3 Å². The molecule has 1 aromatic carbocycles. The van der Waals surface area contributed by atoms with Gasteiger partial charge in [0.2, 0.25) is 5.91 Å². The van der Waals surface area contributed by atoms with E-state index in [9.17, 15) is 9.59 Å². The number of para-hydroxylation sites is 1. The van der Waals surface area contributed by atoms with E-state index in [4.69, 9.17) is 4.42 Å². The van der Waals surface area contributed by atoms with Gasteiger partial charge in [-0.2, -0.15) is 0 Å². The lowest BCUT2D eigenvalue weighted by Gasteiger charge is -2.16. The summed E-state index contributed by atoms with van der Waals surface area (Å²) >= 11 is 1.25. The number of benzene rings is 1. The lowest BCUT2D eigenvalue weighted by Crippen LogP contribution is -2.38. The monoisotopic (exact) mass is 304 g/mol. The van der Waals surface area contributed by atoms with Crippen molar-refractivity contribution in [2.75, 3.05) is 18.8 Å². The van der Waals surface area contributed by atoms with E-state index in [1.165, 1.54) is 11.8 Å². The zero-order valence-corrected chi connectivity index (χ0v) is 12.5. The van der Waals surface area contributed by atoms with Gasteiger partial charge in [0, 0.05) is 17.7 Å². The Labute approximate surface area is 126 Å². The number of rotatable bonds is 4. The van der Waals surface area contributed by atoms with Crippen molar-refractivity contribution >= 4 is 33.9 Å². The van der Waals surface area contributed by atoms with E-state index in [1.807, 2.05) is 37.3 Å². The fraction of sp³-hybridized carbons (Fsp3) is 0.333. The van der Waals surface area contributed by atoms with Crippen LogP contribution in [-0.2, 0) is 4.79 Å². The normalized spacial score (nSPS) is 16.4. The molecule has 1 aromatic heterocycles. The highest BCUT2D eigenvalue weighted by molar-refractivity contribution is 8.13. The second-order valence-corrected chi connectivity index (χ2v) is 6.06. The molecular weight excluding hydrogens is 288 g/mol. The molecule has 6 heteroatoms. The van der Waals surface area contributed by atoms with Crippen LogP contribution in [0.4, 0.5) is 4.79 Å². The maximum absolute atomic E-state index is 12.0. The molecule has 21 heavy (non-hydrogen) atoms. The fourth-order valence-electron chi connectivity index (χ4n) is 2.32. The zero-order valence-electron chi connectivity index (χ0n) is 11.7. The number of nitrogens with zero attached hydrogens (tertiary/aromatic N) is 1. The zero-order chi connectivity index (χ0) is 14.8. The van der Waals surface area contributed by atoms with Crippen molar-refractivity contribution in [3.05, 3.63) is 36.1 Å². The summed E-state index contributed by atoms with van der Waals surface area (Å²) in [5.74, 6) is 1.30. The molecule has 2 amide bonds. The molecular formula is C15H16N2O3S. The lowest BCUT2D eigenvalue weighted by atomic mass is 10.2. The first-order valence-corrected chi connectivity index (χ1v) is 7.81. The van der Waals surface area contributed by atoms with E-state index in [2.05, 4.69) is 5.32 Å². The number of fused-ring (bicyclic) bond motifs is 1. The first-order chi connectivity index (χ1) is 10.1. The van der Waals surface area contributed by atoms with Crippen molar-refractivity contribution < 1.29 is 14.0 Å². The molecule has 0 spiro atoms. The Morgan fingerprint density at radius 1 is 1.48 bits per heavy atom. The molecule has 110 valence electrons. The Hall–Kier alpha value is -1.95. The number of furan rings is 1. The summed E-state index contributed by atoms with van der Waals surface area (Å²) in [6, 6.07) is 9.42. The Morgan fingerprint density at radius 2 is 2.29 bits per heavy atom. The molecule has 1 aliphatic rings. The van der Waals surface area contributed by atoms with Gasteiger partial charge in [-0.3, -0.25) is 9.59 Å². The molecule has 2 heterocycles. The molecule has 1 saturated heterocycles. The average Bonchev–Trinajstić information content (AvgIpc) is 3.05. The van der Waals surface area contributed by atoms with Gasteiger partial charge < -0.3 is 14.6 Å². The van der Waals surface area contributed by atoms with Crippen molar-refractivity contribution in [1.29, 1.82) is 0 Å². The Morgan fingerprint density at radius 3 is 3.00 bits per heavy atom. The van der Waals surface area contributed by atoms with Crippen LogP contribution in [0.3, 0.4) is 0 Å². The second-order valence-electron chi connectivity index (χ2n) is 5.01. The quantitative estimate of drug-likeness (QED) is 0.943. The molecule has 0 saturated carbocycles. The SMILES string of the molecule is C[C@@H](NC(=O)CN1CCSC1=O)c1cc2ccccc2o1. The third-order valence-electron chi connectivity index (χ3n) is 3.43. The van der Waals surface area contributed by atoms with Crippen molar-refractivity contribution in [2.24, 2.45) is 0 Å². The number of thioether (sulfide) groups is 1. The second kappa shape index (κ2) is 5.81. The molecule has 5 nitrogen and oxygen atoms in total. The van der Waals surface area contributed by atoms with E-state index >= 15 is 0 Å². The van der Waals surface area contributed by atoms with Crippen molar-refractivity contribution in [3.63, 3.8) is 0 Å². The van der Waals surface area contributed by atoms with Gasteiger partial charge in [-0.05, 0) is 19.1 Å². The van der Waals surface area contributed by atoms with E-state index in [0.717, 1.165) is 16.7 Å². The maximum Gasteiger partial charge on any atom is 0.282 e. The van der Waals surface area contributed by atoms with Crippen molar-refractivity contribution in [3.8, 4) is 0 Å². The highest BCUT2D eigenvalue weighted by Gasteiger charge is 2.24. The van der Waals surface area contributed by atoms with Crippen LogP contribution in [0.5, 0.6) is 0 Å². The van der Waals surface area contributed by atoms with Gasteiger partial charge in [0.15, 0.2) is 0 Å². The van der Waals surface area contributed by atoms with Crippen LogP contribution < -0.4 is 5.32 Å². The highest BCUT2D eigenvalue weighted by Crippen LogP contribution is 2.23. The molecule has 1 atom stereocenters. The summed E-state index contributed by atoms with van der Waals surface area (Å²) in [5, 5.41) is 3.86. The summed E-state index contributed by atoms with van der Waals surface area (Å²) in [4.78, 5) is 25.0. The number of nitrogens with one attached hydrogen (secondary N) is 1. The molecule has 0 unspecified atom stereocenters. The van der Waals surface area contributed by atoms with Gasteiger partial charge in [0.05, 0.1) is 6.04 Å². The van der Waals surface area contributed by atoms with Crippen LogP contribution in [-0.4, -0.2) is 34.9 Å². The van der Waals surface area contributed by atoms with Gasteiger partial charge in [0.25, 0.3) is 5.24 Å². The molecule has 0 radical (unpaired) electrons. The molecule has 1 N–H and O–H groups in total. The molecule has 1 fully saturated rings. The van der Waals surface area contributed by atoms with Gasteiger partial charge in [-0.25, -0.2) is 0 Å². The lowest BCUT2D eigenvalue weighted by molar-refractivity contribution is -0.122. The average molecular weight is 304 g/mol. The summed E-state index contributed by atoms with van der Waals surface area (Å²) in [6.45, 7) is 2.61. The number of amides is 2. The Kier molecular flexibility index (Phi) is 3.88. The number of hydrogen-bond donors (Lipinski definition) is 1. The molecule has 2 aromatic rings. The van der Waals surface area contributed by atoms with Crippen LogP contribution in [0.1, 0.15) is 18.7 Å². The minimum absolute atomic E-state index is 0.0264. The van der Waals surface area contributed by atoms with Crippen LogP contribution in [0.25, 0.3) is 11.0 Å². The van der Waals surface area contributed by atoms with Gasteiger partial charge in [0.1, 0.15) is 17.9 Å². The largest absolute Gasteiger partial charge is 0.459 e. The predicted molar refractivity (Wildman–Crippen MR) is 82.2 cm³/mol. The van der Waals surface area contributed by atoms with Crippen molar-refractivity contribution in [1.82, 2.24) is 10.2 Å². The number of carbonyl (C=O) groups is 2. The molecule has 0 aliphatic carbocycles. The molecule has 0 bridgehead atoms. The minimum atomic E-state index is -0.227. The van der Waals surface area contributed by atoms with E-state index in [-0.39, 0.29) is 23.7 Å². The highest BCUT2D eigenvalue weighted by atomic mass is 32.2. The molecule has 1 aliphatic heterocycles. The summed E-state index contributed by atoms with van der Waals surface area (Å²) in [6.07, 6.45) is 0. The van der Waals surface area contributed by atoms with E-state index in [1.54, 1.807) is 4.90 Å². The fourth-order valence-corrected chi connectivity index (χ4v) is 3.14. The summed E-state index contributed by atoms with van der Waals surface area (Å²) in [5.41, 5.74) is 0.805.